The lowest BCUT2D eigenvalue weighted by Crippen LogP contribution is -2.68. The Kier molecular flexibility index (Phi) is 6.57. The highest BCUT2D eigenvalue weighted by molar-refractivity contribution is 5.96. The summed E-state index contributed by atoms with van der Waals surface area (Å²) in [4.78, 5) is 46.5. The number of carbonyl (C=O) groups excluding carboxylic acids is 2. The van der Waals surface area contributed by atoms with Crippen molar-refractivity contribution in [3.8, 4) is 16.8 Å². The zero-order valence-electron chi connectivity index (χ0n) is 22.9. The van der Waals surface area contributed by atoms with Crippen molar-refractivity contribution >= 4 is 22.8 Å². The smallest absolute Gasteiger partial charge is 0.264 e. The molecule has 0 bridgehead atoms. The van der Waals surface area contributed by atoms with Gasteiger partial charge in [-0.1, -0.05) is 49.0 Å². The van der Waals surface area contributed by atoms with Crippen LogP contribution in [0.2, 0.25) is 0 Å². The third-order valence-corrected chi connectivity index (χ3v) is 8.54. The van der Waals surface area contributed by atoms with Gasteiger partial charge in [0.1, 0.15) is 17.3 Å². The lowest BCUT2D eigenvalue weighted by atomic mass is 9.83. The zero-order chi connectivity index (χ0) is 28.8. The van der Waals surface area contributed by atoms with Crippen molar-refractivity contribution in [2.75, 3.05) is 19.6 Å². The second-order valence-corrected chi connectivity index (χ2v) is 11.1. The summed E-state index contributed by atoms with van der Waals surface area (Å²) < 4.78 is 3.05. The van der Waals surface area contributed by atoms with Gasteiger partial charge in [-0.3, -0.25) is 19.0 Å². The predicted molar refractivity (Wildman–Crippen MR) is 154 cm³/mol. The maximum absolute atomic E-state index is 13.4. The SMILES string of the molecule is C=CC(=O)N1CC[C@]1(C)C(=O)N1CCC(O)(Cn2cnc3c(cnn3-c3ccc(-c4ccccc4)cc3)c2=O)CC1. The van der Waals surface area contributed by atoms with Crippen LogP contribution in [-0.4, -0.2) is 76.8 Å². The van der Waals surface area contributed by atoms with Crippen molar-refractivity contribution in [3.63, 3.8) is 0 Å². The van der Waals surface area contributed by atoms with E-state index in [0.717, 1.165) is 16.8 Å². The Morgan fingerprint density at radius 1 is 1.00 bits per heavy atom. The minimum absolute atomic E-state index is 0.0616. The number of aliphatic hydroxyl groups is 1. The quantitative estimate of drug-likeness (QED) is 0.368. The molecule has 2 amide bonds. The Morgan fingerprint density at radius 2 is 1.68 bits per heavy atom. The lowest BCUT2D eigenvalue weighted by Gasteiger charge is -2.51. The molecule has 0 unspecified atom stereocenters. The van der Waals surface area contributed by atoms with E-state index in [1.165, 1.54) is 23.2 Å². The summed E-state index contributed by atoms with van der Waals surface area (Å²) >= 11 is 0. The number of rotatable bonds is 6. The van der Waals surface area contributed by atoms with Gasteiger partial charge in [0.25, 0.3) is 5.56 Å². The number of aromatic nitrogens is 4. The molecule has 0 radical (unpaired) electrons. The van der Waals surface area contributed by atoms with E-state index < -0.39 is 11.1 Å². The topological polar surface area (TPSA) is 114 Å². The number of piperidine rings is 1. The summed E-state index contributed by atoms with van der Waals surface area (Å²) in [5.74, 6) is -0.374. The van der Waals surface area contributed by atoms with Crippen LogP contribution in [0, 0.1) is 0 Å². The van der Waals surface area contributed by atoms with Crippen LogP contribution >= 0.6 is 0 Å². The van der Waals surface area contributed by atoms with Crippen LogP contribution in [0.5, 0.6) is 0 Å². The molecule has 0 saturated carbocycles. The average Bonchev–Trinajstić information content (AvgIpc) is 3.43. The number of nitrogens with zero attached hydrogens (tertiary/aromatic N) is 6. The number of fused-ring (bicyclic) bond motifs is 1. The molecule has 2 aliphatic heterocycles. The maximum Gasteiger partial charge on any atom is 0.264 e. The minimum atomic E-state index is -1.17. The molecule has 41 heavy (non-hydrogen) atoms. The number of amides is 2. The Balaban J connectivity index is 1.15. The van der Waals surface area contributed by atoms with Gasteiger partial charge in [0.2, 0.25) is 11.8 Å². The molecule has 0 aliphatic carbocycles. The number of carbonyl (C=O) groups is 2. The van der Waals surface area contributed by atoms with Crippen LogP contribution in [0.15, 0.2) is 84.6 Å². The number of hydrogen-bond donors (Lipinski definition) is 1. The molecule has 2 aromatic heterocycles. The highest BCUT2D eigenvalue weighted by Crippen LogP contribution is 2.34. The molecule has 1 N–H and O–H groups in total. The van der Waals surface area contributed by atoms with Crippen LogP contribution in [0.25, 0.3) is 27.8 Å². The highest BCUT2D eigenvalue weighted by atomic mass is 16.3. The van der Waals surface area contributed by atoms with E-state index in [4.69, 9.17) is 0 Å². The predicted octanol–water partition coefficient (Wildman–Crippen LogP) is 2.78. The van der Waals surface area contributed by atoms with Gasteiger partial charge in [-0.15, -0.1) is 0 Å². The summed E-state index contributed by atoms with van der Waals surface area (Å²) in [6.07, 6.45) is 5.40. The van der Waals surface area contributed by atoms with Crippen LogP contribution in [-0.2, 0) is 16.1 Å². The van der Waals surface area contributed by atoms with Gasteiger partial charge in [0.15, 0.2) is 5.65 Å². The molecule has 210 valence electrons. The molecule has 10 nitrogen and oxygen atoms in total. The van der Waals surface area contributed by atoms with E-state index in [2.05, 4.69) is 16.7 Å². The van der Waals surface area contributed by atoms with Crippen LogP contribution in [0.3, 0.4) is 0 Å². The van der Waals surface area contributed by atoms with Crippen molar-refractivity contribution in [1.82, 2.24) is 29.1 Å². The first-order chi connectivity index (χ1) is 19.7. The Morgan fingerprint density at radius 3 is 2.32 bits per heavy atom. The van der Waals surface area contributed by atoms with E-state index >= 15 is 0 Å². The van der Waals surface area contributed by atoms with Crippen molar-refractivity contribution < 1.29 is 14.7 Å². The lowest BCUT2D eigenvalue weighted by molar-refractivity contribution is -0.164. The molecule has 2 saturated heterocycles. The van der Waals surface area contributed by atoms with Gasteiger partial charge < -0.3 is 14.9 Å². The van der Waals surface area contributed by atoms with Gasteiger partial charge in [0.05, 0.1) is 24.0 Å². The summed E-state index contributed by atoms with van der Waals surface area (Å²) in [5, 5.41) is 16.1. The largest absolute Gasteiger partial charge is 0.388 e. The second kappa shape index (κ2) is 10.1. The molecular formula is C31H32N6O4. The first-order valence-corrected chi connectivity index (χ1v) is 13.8. The highest BCUT2D eigenvalue weighted by Gasteiger charge is 2.51. The van der Waals surface area contributed by atoms with Crippen LogP contribution in [0.1, 0.15) is 26.2 Å². The fourth-order valence-electron chi connectivity index (χ4n) is 5.86. The fourth-order valence-corrected chi connectivity index (χ4v) is 5.86. The fraction of sp³-hybridized carbons (Fsp3) is 0.323. The van der Waals surface area contributed by atoms with Crippen molar-refractivity contribution in [1.29, 1.82) is 0 Å². The Bertz CT molecular complexity index is 1690. The van der Waals surface area contributed by atoms with Gasteiger partial charge in [-0.05, 0) is 55.5 Å². The molecule has 6 rings (SSSR count). The standard InChI is InChI=1S/C31H32N6O4/c1-3-26(38)36-18-13-30(36,2)29(40)34-16-14-31(41,15-17-34)20-35-21-32-27-25(28(35)39)19-33-37(27)24-11-9-23(10-12-24)22-7-5-4-6-8-22/h3-12,19,21,41H,1,13-18,20H2,2H3/t30-/m1/s1. The molecular weight excluding hydrogens is 520 g/mol. The average molecular weight is 553 g/mol. The molecule has 0 spiro atoms. The monoisotopic (exact) mass is 552 g/mol. The van der Waals surface area contributed by atoms with E-state index in [-0.39, 0.29) is 23.9 Å². The van der Waals surface area contributed by atoms with Gasteiger partial charge in [0, 0.05) is 19.6 Å². The number of hydrogen-bond acceptors (Lipinski definition) is 6. The molecule has 2 fully saturated rings. The third-order valence-electron chi connectivity index (χ3n) is 8.54. The van der Waals surface area contributed by atoms with E-state index in [1.807, 2.05) is 54.6 Å². The summed E-state index contributed by atoms with van der Waals surface area (Å²) in [7, 11) is 0. The molecule has 10 heteroatoms. The van der Waals surface area contributed by atoms with Gasteiger partial charge in [-0.2, -0.15) is 5.10 Å². The first kappa shape index (κ1) is 26.6. The van der Waals surface area contributed by atoms with E-state index in [0.29, 0.717) is 49.9 Å². The van der Waals surface area contributed by atoms with Gasteiger partial charge in [-0.25, -0.2) is 9.67 Å². The minimum Gasteiger partial charge on any atom is -0.388 e. The van der Waals surface area contributed by atoms with Gasteiger partial charge >= 0.3 is 0 Å². The van der Waals surface area contributed by atoms with Crippen molar-refractivity contribution in [3.05, 3.63) is 90.1 Å². The molecule has 2 aliphatic rings. The molecule has 2 aromatic carbocycles. The maximum atomic E-state index is 13.4. The summed E-state index contributed by atoms with van der Waals surface area (Å²) in [5.41, 5.74) is 1.08. The van der Waals surface area contributed by atoms with Crippen molar-refractivity contribution in [2.24, 2.45) is 0 Å². The summed E-state index contributed by atoms with van der Waals surface area (Å²) in [6, 6.07) is 18.0. The number of likely N-dealkylation sites (tertiary alicyclic amines) is 2. The second-order valence-electron chi connectivity index (χ2n) is 11.1. The molecule has 4 aromatic rings. The summed E-state index contributed by atoms with van der Waals surface area (Å²) in [6.45, 7) is 6.57. The Hall–Kier alpha value is -4.57. The first-order valence-electron chi connectivity index (χ1n) is 13.8. The van der Waals surface area contributed by atoms with E-state index in [9.17, 15) is 19.5 Å². The van der Waals surface area contributed by atoms with Crippen molar-refractivity contribution in [2.45, 2.75) is 43.9 Å². The zero-order valence-corrected chi connectivity index (χ0v) is 22.9. The third kappa shape index (κ3) is 4.63. The Labute approximate surface area is 237 Å². The van der Waals surface area contributed by atoms with Crippen LogP contribution < -0.4 is 5.56 Å². The van der Waals surface area contributed by atoms with Crippen LogP contribution in [0.4, 0.5) is 0 Å². The molecule has 1 atom stereocenters. The van der Waals surface area contributed by atoms with E-state index in [1.54, 1.807) is 21.4 Å². The normalized spacial score (nSPS) is 20.0. The molecule has 4 heterocycles. The number of benzene rings is 2.